The zero-order valence-electron chi connectivity index (χ0n) is 7.44. The van der Waals surface area contributed by atoms with Crippen LogP contribution in [0.2, 0.25) is 0 Å². The van der Waals surface area contributed by atoms with Crippen LogP contribution in [-0.2, 0) is 4.84 Å². The van der Waals surface area contributed by atoms with Gasteiger partial charge in [-0.15, -0.1) is 0 Å². The van der Waals surface area contributed by atoms with Crippen LogP contribution in [0.4, 0.5) is 0 Å². The van der Waals surface area contributed by atoms with E-state index in [1.807, 2.05) is 18.4 Å². The van der Waals surface area contributed by atoms with Crippen LogP contribution in [0.5, 0.6) is 0 Å². The van der Waals surface area contributed by atoms with Gasteiger partial charge in [-0.3, -0.25) is 0 Å². The summed E-state index contributed by atoms with van der Waals surface area (Å²) in [6.45, 7) is 1.08. The number of allylic oxidation sites excluding steroid dienone is 4. The minimum atomic E-state index is 1.08. The van der Waals surface area contributed by atoms with Crippen molar-refractivity contribution in [1.82, 2.24) is 10.8 Å². The van der Waals surface area contributed by atoms with Gasteiger partial charge >= 0.3 is 0 Å². The molecule has 0 unspecified atom stereocenters. The highest BCUT2D eigenvalue weighted by Crippen LogP contribution is 1.85. The quantitative estimate of drug-likeness (QED) is 0.591. The first-order valence-electron chi connectivity index (χ1n) is 4.28. The fraction of sp³-hybridized carbons (Fsp3) is 0.200. The lowest BCUT2D eigenvalue weighted by Crippen LogP contribution is -2.03. The fourth-order valence-corrected chi connectivity index (χ4v) is 0.806. The minimum Gasteiger partial charge on any atom is -0.391 e. The number of hydroxylamine groups is 1. The molecule has 0 aliphatic carbocycles. The van der Waals surface area contributed by atoms with Crippen molar-refractivity contribution in [1.29, 1.82) is 0 Å². The summed E-state index contributed by atoms with van der Waals surface area (Å²) in [6, 6.07) is 0. The zero-order valence-corrected chi connectivity index (χ0v) is 7.44. The molecule has 0 aromatic carbocycles. The van der Waals surface area contributed by atoms with E-state index in [-0.39, 0.29) is 0 Å². The summed E-state index contributed by atoms with van der Waals surface area (Å²) in [5.41, 5.74) is 2.52. The summed E-state index contributed by atoms with van der Waals surface area (Å²) >= 11 is 0. The summed E-state index contributed by atoms with van der Waals surface area (Å²) in [4.78, 5) is 4.55. The third-order valence-corrected chi connectivity index (χ3v) is 1.41. The molecule has 0 fully saturated rings. The molecule has 0 spiro atoms. The van der Waals surface area contributed by atoms with E-state index in [4.69, 9.17) is 0 Å². The molecular formula is C10H14N2O. The highest BCUT2D eigenvalue weighted by molar-refractivity contribution is 5.04. The molecule has 0 saturated carbocycles. The Bertz CT molecular complexity index is 205. The molecule has 0 radical (unpaired) electrons. The highest BCUT2D eigenvalue weighted by Gasteiger charge is 1.78. The standard InChI is InChI=1S/C6H9N.C4H5NO/c1-2-4-6-7-5-3-1;1-2-4-6-5-3-1/h1-3,5,7H,4,6H2;1-5H. The van der Waals surface area contributed by atoms with E-state index in [1.165, 1.54) is 0 Å². The molecular weight excluding hydrogens is 164 g/mol. The van der Waals surface area contributed by atoms with Crippen molar-refractivity contribution in [3.63, 3.8) is 0 Å². The summed E-state index contributed by atoms with van der Waals surface area (Å²) in [6.07, 6.45) is 16.2. The molecule has 0 atom stereocenters. The van der Waals surface area contributed by atoms with E-state index in [9.17, 15) is 0 Å². The van der Waals surface area contributed by atoms with Crippen molar-refractivity contribution in [2.75, 3.05) is 6.54 Å². The maximum atomic E-state index is 4.55. The van der Waals surface area contributed by atoms with Crippen molar-refractivity contribution >= 4 is 0 Å². The van der Waals surface area contributed by atoms with E-state index in [0.29, 0.717) is 0 Å². The topological polar surface area (TPSA) is 33.3 Å². The molecule has 3 heteroatoms. The largest absolute Gasteiger partial charge is 0.391 e. The van der Waals surface area contributed by atoms with Gasteiger partial charge in [-0.1, -0.05) is 12.2 Å². The lowest BCUT2D eigenvalue weighted by atomic mass is 10.4. The van der Waals surface area contributed by atoms with Gasteiger partial charge in [0.25, 0.3) is 0 Å². The van der Waals surface area contributed by atoms with Crippen molar-refractivity contribution in [3.05, 3.63) is 49.0 Å². The van der Waals surface area contributed by atoms with Crippen LogP contribution in [0.3, 0.4) is 0 Å². The third-order valence-electron chi connectivity index (χ3n) is 1.41. The Balaban J connectivity index is 0.000000132. The molecule has 0 aromatic rings. The summed E-state index contributed by atoms with van der Waals surface area (Å²) in [7, 11) is 0. The Morgan fingerprint density at radius 3 is 2.54 bits per heavy atom. The zero-order chi connectivity index (χ0) is 9.19. The fourth-order valence-electron chi connectivity index (χ4n) is 0.806. The van der Waals surface area contributed by atoms with E-state index in [2.05, 4.69) is 27.8 Å². The Labute approximate surface area is 78.4 Å². The molecule has 70 valence electrons. The first-order chi connectivity index (χ1) is 6.50. The lowest BCUT2D eigenvalue weighted by molar-refractivity contribution is 0.172. The van der Waals surface area contributed by atoms with Crippen LogP contribution in [-0.4, -0.2) is 6.54 Å². The molecule has 0 saturated heterocycles. The van der Waals surface area contributed by atoms with Crippen LogP contribution in [0, 0.1) is 0 Å². The monoisotopic (exact) mass is 178 g/mol. The van der Waals surface area contributed by atoms with E-state index in [1.54, 1.807) is 18.5 Å². The van der Waals surface area contributed by atoms with Gasteiger partial charge in [0.05, 0.1) is 0 Å². The van der Waals surface area contributed by atoms with E-state index in [0.717, 1.165) is 13.0 Å². The SMILES string of the molecule is C1=CCCNC=C1.C1=CNOC=C1. The first kappa shape index (κ1) is 9.45. The summed E-state index contributed by atoms with van der Waals surface area (Å²) in [5, 5.41) is 3.10. The van der Waals surface area contributed by atoms with Crippen LogP contribution >= 0.6 is 0 Å². The van der Waals surface area contributed by atoms with Crippen LogP contribution in [0.25, 0.3) is 0 Å². The first-order valence-corrected chi connectivity index (χ1v) is 4.28. The summed E-state index contributed by atoms with van der Waals surface area (Å²) < 4.78 is 0. The molecule has 2 aliphatic rings. The van der Waals surface area contributed by atoms with Crippen molar-refractivity contribution in [2.45, 2.75) is 6.42 Å². The Hall–Kier alpha value is -1.64. The lowest BCUT2D eigenvalue weighted by Gasteiger charge is -1.97. The second-order valence-electron chi connectivity index (χ2n) is 2.45. The molecule has 3 nitrogen and oxygen atoms in total. The van der Waals surface area contributed by atoms with Gasteiger partial charge in [-0.05, 0) is 30.8 Å². The Morgan fingerprint density at radius 1 is 1.00 bits per heavy atom. The average molecular weight is 178 g/mol. The molecule has 2 rings (SSSR count). The molecule has 0 amide bonds. The molecule has 2 aliphatic heterocycles. The summed E-state index contributed by atoms with van der Waals surface area (Å²) in [5.74, 6) is 0. The smallest absolute Gasteiger partial charge is 0.119 e. The van der Waals surface area contributed by atoms with Crippen molar-refractivity contribution in [3.8, 4) is 0 Å². The van der Waals surface area contributed by atoms with Gasteiger partial charge < -0.3 is 10.2 Å². The maximum Gasteiger partial charge on any atom is 0.119 e. The highest BCUT2D eigenvalue weighted by atomic mass is 16.6. The predicted molar refractivity (Wildman–Crippen MR) is 53.4 cm³/mol. The molecule has 0 aromatic heterocycles. The third kappa shape index (κ3) is 5.61. The minimum absolute atomic E-state index is 1.08. The maximum absolute atomic E-state index is 4.55. The Morgan fingerprint density at radius 2 is 1.92 bits per heavy atom. The number of hydrogen-bond donors (Lipinski definition) is 2. The van der Waals surface area contributed by atoms with Crippen LogP contribution < -0.4 is 10.8 Å². The molecule has 13 heavy (non-hydrogen) atoms. The van der Waals surface area contributed by atoms with Crippen molar-refractivity contribution in [2.24, 2.45) is 0 Å². The molecule has 2 N–H and O–H groups in total. The van der Waals surface area contributed by atoms with E-state index < -0.39 is 0 Å². The van der Waals surface area contributed by atoms with Gasteiger partial charge in [0.15, 0.2) is 0 Å². The predicted octanol–water partition coefficient (Wildman–Crippen LogP) is 1.60. The number of hydrogen-bond acceptors (Lipinski definition) is 3. The van der Waals surface area contributed by atoms with Gasteiger partial charge in [0.1, 0.15) is 6.26 Å². The van der Waals surface area contributed by atoms with E-state index >= 15 is 0 Å². The second kappa shape index (κ2) is 7.03. The van der Waals surface area contributed by atoms with Gasteiger partial charge in [-0.2, -0.15) is 0 Å². The number of nitrogens with one attached hydrogen (secondary N) is 2. The van der Waals surface area contributed by atoms with Crippen LogP contribution in [0.15, 0.2) is 49.0 Å². The van der Waals surface area contributed by atoms with Crippen molar-refractivity contribution < 1.29 is 4.84 Å². The normalized spacial score (nSPS) is 17.2. The molecule has 2 heterocycles. The molecule has 0 bridgehead atoms. The Kier molecular flexibility index (Phi) is 5.11. The van der Waals surface area contributed by atoms with Gasteiger partial charge in [-0.25, -0.2) is 5.48 Å². The van der Waals surface area contributed by atoms with Gasteiger partial charge in [0.2, 0.25) is 0 Å². The van der Waals surface area contributed by atoms with Crippen LogP contribution in [0.1, 0.15) is 6.42 Å². The number of rotatable bonds is 0. The average Bonchev–Trinajstić information content (AvgIpc) is 2.53. The second-order valence-corrected chi connectivity index (χ2v) is 2.45. The van der Waals surface area contributed by atoms with Gasteiger partial charge in [0, 0.05) is 12.7 Å².